The van der Waals surface area contributed by atoms with E-state index < -0.39 is 17.8 Å². The number of carbonyl (C=O) groups excluding carboxylic acids is 5. The molecule has 0 radical (unpaired) electrons. The van der Waals surface area contributed by atoms with E-state index in [1.54, 1.807) is 0 Å². The zero-order chi connectivity index (χ0) is 18.1. The van der Waals surface area contributed by atoms with Crippen LogP contribution in [0.3, 0.4) is 0 Å². The molecule has 0 aromatic rings. The fourth-order valence-corrected chi connectivity index (χ4v) is 2.40. The molecule has 0 saturated carbocycles. The van der Waals surface area contributed by atoms with Gasteiger partial charge < -0.3 is 9.57 Å². The first-order valence-electron chi connectivity index (χ1n) is 7.67. The summed E-state index contributed by atoms with van der Waals surface area (Å²) in [6, 6.07) is 0. The van der Waals surface area contributed by atoms with E-state index >= 15 is 0 Å². The van der Waals surface area contributed by atoms with Crippen molar-refractivity contribution < 1.29 is 33.5 Å². The molecule has 0 atom stereocenters. The first-order chi connectivity index (χ1) is 11.3. The molecule has 8 nitrogen and oxygen atoms in total. The molecule has 0 aliphatic carbocycles. The van der Waals surface area contributed by atoms with E-state index in [1.165, 1.54) is 0 Å². The number of amides is 2. The molecule has 0 unspecified atom stereocenters. The monoisotopic (exact) mass is 359 g/mol. The van der Waals surface area contributed by atoms with Gasteiger partial charge in [-0.3, -0.25) is 19.2 Å². The van der Waals surface area contributed by atoms with E-state index in [2.05, 4.69) is 4.84 Å². The zero-order valence-electron chi connectivity index (χ0n) is 13.7. The second-order valence-electron chi connectivity index (χ2n) is 5.59. The molecule has 9 heteroatoms. The van der Waals surface area contributed by atoms with Gasteiger partial charge in [0.05, 0.1) is 19.4 Å². The summed E-state index contributed by atoms with van der Waals surface area (Å²) in [5, 5.41) is 0.174. The van der Waals surface area contributed by atoms with Crippen molar-refractivity contribution in [1.82, 2.24) is 5.06 Å². The summed E-state index contributed by atoms with van der Waals surface area (Å²) in [6.45, 7) is 4.19. The van der Waals surface area contributed by atoms with Crippen LogP contribution in [0.2, 0.25) is 0 Å². The van der Waals surface area contributed by atoms with Crippen molar-refractivity contribution in [1.29, 1.82) is 0 Å². The van der Waals surface area contributed by atoms with Crippen molar-refractivity contribution in [2.45, 2.75) is 46.0 Å². The molecule has 0 bridgehead atoms. The van der Waals surface area contributed by atoms with Crippen LogP contribution in [0.5, 0.6) is 0 Å². The van der Waals surface area contributed by atoms with Crippen LogP contribution in [0.15, 0.2) is 0 Å². The minimum atomic E-state index is -0.816. The van der Waals surface area contributed by atoms with Crippen LogP contribution >= 0.6 is 11.8 Å². The Morgan fingerprint density at radius 1 is 1.04 bits per heavy atom. The number of carbonyl (C=O) groups is 5. The second-order valence-corrected chi connectivity index (χ2v) is 6.74. The van der Waals surface area contributed by atoms with Gasteiger partial charge in [0.15, 0.2) is 5.12 Å². The summed E-state index contributed by atoms with van der Waals surface area (Å²) in [7, 11) is 0. The van der Waals surface area contributed by atoms with Crippen molar-refractivity contribution in [3.8, 4) is 0 Å². The summed E-state index contributed by atoms with van der Waals surface area (Å²) in [6.07, 6.45) is -0.173. The number of hydrogen-bond acceptors (Lipinski definition) is 8. The van der Waals surface area contributed by atoms with Gasteiger partial charge in [0, 0.05) is 25.0 Å². The standard InChI is InChI=1S/C15H21NO7S/c1-10(2)9-22-13(19)7-8-24-15(21)6-5-14(20)23-16-11(17)3-4-12(16)18/h10H,3-9H2,1-2H3. The predicted octanol–water partition coefficient (Wildman–Crippen LogP) is 1.22. The Morgan fingerprint density at radius 2 is 1.67 bits per heavy atom. The summed E-state index contributed by atoms with van der Waals surface area (Å²) >= 11 is 0.930. The average molecular weight is 359 g/mol. The number of nitrogens with zero attached hydrogens (tertiary/aromatic N) is 1. The van der Waals surface area contributed by atoms with Gasteiger partial charge in [-0.1, -0.05) is 25.6 Å². The smallest absolute Gasteiger partial charge is 0.333 e. The van der Waals surface area contributed by atoms with Crippen molar-refractivity contribution in [3.63, 3.8) is 0 Å². The number of hydrogen-bond donors (Lipinski definition) is 0. The SMILES string of the molecule is CC(C)COC(=O)CCSC(=O)CCC(=O)ON1C(=O)CCC1=O. The van der Waals surface area contributed by atoms with Gasteiger partial charge in [-0.05, 0) is 5.92 Å². The van der Waals surface area contributed by atoms with Crippen LogP contribution < -0.4 is 0 Å². The Morgan fingerprint density at radius 3 is 2.25 bits per heavy atom. The number of hydroxylamine groups is 2. The maximum absolute atomic E-state index is 11.6. The molecule has 0 aromatic carbocycles. The lowest BCUT2D eigenvalue weighted by atomic mass is 10.2. The van der Waals surface area contributed by atoms with Gasteiger partial charge >= 0.3 is 11.9 Å². The van der Waals surface area contributed by atoms with E-state index in [9.17, 15) is 24.0 Å². The maximum atomic E-state index is 11.6. The molecule has 0 N–H and O–H groups in total. The topological polar surface area (TPSA) is 107 Å². The van der Waals surface area contributed by atoms with Crippen LogP contribution in [-0.4, -0.2) is 46.3 Å². The quantitative estimate of drug-likeness (QED) is 0.447. The molecule has 1 fully saturated rings. The van der Waals surface area contributed by atoms with E-state index in [0.717, 1.165) is 11.8 Å². The lowest BCUT2D eigenvalue weighted by Crippen LogP contribution is -2.32. The molecule has 1 saturated heterocycles. The molecular weight excluding hydrogens is 338 g/mol. The van der Waals surface area contributed by atoms with E-state index in [0.29, 0.717) is 11.7 Å². The highest BCUT2D eigenvalue weighted by molar-refractivity contribution is 8.13. The predicted molar refractivity (Wildman–Crippen MR) is 84.3 cm³/mol. The van der Waals surface area contributed by atoms with Gasteiger partial charge in [-0.2, -0.15) is 0 Å². The zero-order valence-corrected chi connectivity index (χ0v) is 14.6. The van der Waals surface area contributed by atoms with Crippen LogP contribution in [0.1, 0.15) is 46.0 Å². The van der Waals surface area contributed by atoms with Crippen LogP contribution in [-0.2, 0) is 33.5 Å². The van der Waals surface area contributed by atoms with E-state index in [4.69, 9.17) is 4.74 Å². The maximum Gasteiger partial charge on any atom is 0.333 e. The number of imide groups is 1. The fraction of sp³-hybridized carbons (Fsp3) is 0.667. The minimum Gasteiger partial charge on any atom is -0.465 e. The molecule has 1 aliphatic heterocycles. The molecule has 1 rings (SSSR count). The third-order valence-corrected chi connectivity index (χ3v) is 3.81. The largest absolute Gasteiger partial charge is 0.465 e. The normalized spacial score (nSPS) is 14.2. The molecular formula is C15H21NO7S. The molecule has 134 valence electrons. The summed E-state index contributed by atoms with van der Waals surface area (Å²) in [4.78, 5) is 61.7. The fourth-order valence-electron chi connectivity index (χ4n) is 1.66. The molecule has 1 aliphatic rings. The Labute approximate surface area is 144 Å². The minimum absolute atomic E-state index is 0.0216. The highest BCUT2D eigenvalue weighted by atomic mass is 32.2. The summed E-state index contributed by atoms with van der Waals surface area (Å²) in [5.41, 5.74) is 0. The molecule has 24 heavy (non-hydrogen) atoms. The summed E-state index contributed by atoms with van der Waals surface area (Å²) in [5.74, 6) is -1.78. The van der Waals surface area contributed by atoms with Crippen molar-refractivity contribution >= 4 is 40.6 Å². The summed E-state index contributed by atoms with van der Waals surface area (Å²) < 4.78 is 4.97. The highest BCUT2D eigenvalue weighted by Gasteiger charge is 2.32. The van der Waals surface area contributed by atoms with E-state index in [1.807, 2.05) is 13.8 Å². The first-order valence-corrected chi connectivity index (χ1v) is 8.66. The third-order valence-electron chi connectivity index (χ3n) is 2.88. The molecule has 0 spiro atoms. The highest BCUT2D eigenvalue weighted by Crippen LogP contribution is 2.14. The Bertz CT molecular complexity index is 502. The number of thioether (sulfide) groups is 1. The lowest BCUT2D eigenvalue weighted by Gasteiger charge is -2.12. The second kappa shape index (κ2) is 10.1. The van der Waals surface area contributed by atoms with Crippen molar-refractivity contribution in [2.24, 2.45) is 5.92 Å². The van der Waals surface area contributed by atoms with Crippen LogP contribution in [0.4, 0.5) is 0 Å². The Balaban J connectivity index is 2.15. The van der Waals surface area contributed by atoms with Crippen LogP contribution in [0, 0.1) is 5.92 Å². The third kappa shape index (κ3) is 7.58. The average Bonchev–Trinajstić information content (AvgIpc) is 2.83. The Kier molecular flexibility index (Phi) is 8.45. The van der Waals surface area contributed by atoms with Gasteiger partial charge in [0.25, 0.3) is 11.8 Å². The van der Waals surface area contributed by atoms with Gasteiger partial charge in [-0.15, -0.1) is 5.06 Å². The molecule has 0 aromatic heterocycles. The molecule has 2 amide bonds. The molecule has 1 heterocycles. The number of rotatable bonds is 9. The lowest BCUT2D eigenvalue weighted by molar-refractivity contribution is -0.197. The van der Waals surface area contributed by atoms with E-state index in [-0.39, 0.29) is 54.9 Å². The van der Waals surface area contributed by atoms with Crippen LogP contribution in [0.25, 0.3) is 0 Å². The Hall–Kier alpha value is -1.90. The van der Waals surface area contributed by atoms with Gasteiger partial charge in [0.2, 0.25) is 0 Å². The van der Waals surface area contributed by atoms with Crippen molar-refractivity contribution in [2.75, 3.05) is 12.4 Å². The first kappa shape index (κ1) is 20.1. The number of esters is 1. The van der Waals surface area contributed by atoms with Gasteiger partial charge in [-0.25, -0.2) is 4.79 Å². The number of ether oxygens (including phenoxy) is 1. The van der Waals surface area contributed by atoms with Crippen molar-refractivity contribution in [3.05, 3.63) is 0 Å². The van der Waals surface area contributed by atoms with Gasteiger partial charge in [0.1, 0.15) is 0 Å².